The number of carbonyl (C=O) groups excluding carboxylic acids is 4. The number of carbonyl (C=O) groups is 4. The van der Waals surface area contributed by atoms with Crippen molar-refractivity contribution in [1.29, 1.82) is 5.41 Å². The van der Waals surface area contributed by atoms with Crippen LogP contribution in [0.5, 0.6) is 0 Å². The Bertz CT molecular complexity index is 1020. The molecular weight excluding hydrogens is 538 g/mol. The molecule has 4 atom stereocenters. The van der Waals surface area contributed by atoms with Crippen molar-refractivity contribution in [3.8, 4) is 0 Å². The Morgan fingerprint density at radius 1 is 0.833 bits per heavy atom. The molecule has 2 rings (SSSR count). The number of nitrogens with two attached hydrogens (primary N) is 4. The van der Waals surface area contributed by atoms with E-state index in [-0.39, 0.29) is 24.7 Å². The van der Waals surface area contributed by atoms with Crippen LogP contribution in [0.1, 0.15) is 69.8 Å². The maximum Gasteiger partial charge on any atom is 0.243 e. The highest BCUT2D eigenvalue weighted by Crippen LogP contribution is 2.28. The van der Waals surface area contributed by atoms with Crippen LogP contribution in [0.4, 0.5) is 0 Å². The summed E-state index contributed by atoms with van der Waals surface area (Å²) in [5, 5.41) is 18.3. The van der Waals surface area contributed by atoms with Crippen molar-refractivity contribution in [3.63, 3.8) is 0 Å². The summed E-state index contributed by atoms with van der Waals surface area (Å²) in [6.07, 6.45) is 6.99. The predicted octanol–water partition coefficient (Wildman–Crippen LogP) is -0.531. The van der Waals surface area contributed by atoms with E-state index >= 15 is 0 Å². The standard InChI is InChI=1S/C29H49N9O4/c30-15-7-6-13-22(25(32)39)36-28(42)24(18-20-11-4-5-12-20)38-27(41)23(14-8-16-35-29(33)34)37-26(40)21(31)17-19-9-2-1-3-10-19/h1-3,9-10,20-24H,4-8,11-18,30-31H2,(H2,32,39)(H,36,42)(H,37,40)(H,38,41)(H4,33,34,35)/t21-,22-,23+,24-/m0/s1. The fraction of sp³-hybridized carbons (Fsp3) is 0.621. The van der Waals surface area contributed by atoms with Gasteiger partial charge in [-0.05, 0) is 63.0 Å². The first kappa shape index (κ1) is 34.5. The summed E-state index contributed by atoms with van der Waals surface area (Å²) in [5.41, 5.74) is 23.5. The number of unbranched alkanes of at least 4 members (excludes halogenated alkanes) is 1. The van der Waals surface area contributed by atoms with E-state index in [2.05, 4.69) is 21.3 Å². The zero-order valence-electron chi connectivity index (χ0n) is 24.4. The van der Waals surface area contributed by atoms with Crippen molar-refractivity contribution in [2.45, 2.75) is 94.8 Å². The Hall–Kier alpha value is -3.71. The third kappa shape index (κ3) is 12.9. The van der Waals surface area contributed by atoms with Gasteiger partial charge < -0.3 is 44.2 Å². The van der Waals surface area contributed by atoms with Gasteiger partial charge in [-0.25, -0.2) is 0 Å². The van der Waals surface area contributed by atoms with Crippen LogP contribution < -0.4 is 44.2 Å². The fourth-order valence-corrected chi connectivity index (χ4v) is 5.17. The van der Waals surface area contributed by atoms with E-state index in [0.717, 1.165) is 31.2 Å². The average Bonchev–Trinajstić information content (AvgIpc) is 3.47. The van der Waals surface area contributed by atoms with E-state index in [4.69, 9.17) is 28.3 Å². The molecule has 234 valence electrons. The number of primary amides is 1. The summed E-state index contributed by atoms with van der Waals surface area (Å²) >= 11 is 0. The minimum absolute atomic E-state index is 0.200. The summed E-state index contributed by atoms with van der Waals surface area (Å²) in [5.74, 6) is -2.12. The maximum atomic E-state index is 13.6. The molecule has 13 heteroatoms. The molecule has 0 heterocycles. The van der Waals surface area contributed by atoms with Gasteiger partial charge in [-0.3, -0.25) is 24.6 Å². The van der Waals surface area contributed by atoms with Crippen LogP contribution in [0.2, 0.25) is 0 Å². The van der Waals surface area contributed by atoms with Gasteiger partial charge in [0.25, 0.3) is 0 Å². The molecule has 1 saturated carbocycles. The first-order valence-corrected chi connectivity index (χ1v) is 14.9. The van der Waals surface area contributed by atoms with Crippen LogP contribution >= 0.6 is 0 Å². The molecule has 13 nitrogen and oxygen atoms in total. The summed E-state index contributed by atoms with van der Waals surface area (Å²) in [4.78, 5) is 52.0. The summed E-state index contributed by atoms with van der Waals surface area (Å²) < 4.78 is 0. The van der Waals surface area contributed by atoms with Crippen molar-refractivity contribution in [2.75, 3.05) is 13.1 Å². The molecule has 1 aliphatic rings. The second kappa shape index (κ2) is 18.7. The molecule has 1 aromatic carbocycles. The highest BCUT2D eigenvalue weighted by Gasteiger charge is 2.32. The third-order valence-electron chi connectivity index (χ3n) is 7.54. The molecule has 0 saturated heterocycles. The smallest absolute Gasteiger partial charge is 0.243 e. The molecule has 0 spiro atoms. The Morgan fingerprint density at radius 2 is 1.43 bits per heavy atom. The van der Waals surface area contributed by atoms with Crippen molar-refractivity contribution in [2.24, 2.45) is 28.9 Å². The quantitative estimate of drug-likeness (QED) is 0.0577. The minimum Gasteiger partial charge on any atom is -0.370 e. The molecular formula is C29H49N9O4. The lowest BCUT2D eigenvalue weighted by Gasteiger charge is -2.27. The Kier molecular flexibility index (Phi) is 15.3. The van der Waals surface area contributed by atoms with Crippen LogP contribution in [0.25, 0.3) is 0 Å². The molecule has 0 unspecified atom stereocenters. The normalized spacial score (nSPS) is 16.0. The van der Waals surface area contributed by atoms with Gasteiger partial charge in [0, 0.05) is 6.54 Å². The molecule has 0 aliphatic heterocycles. The number of nitrogens with one attached hydrogen (secondary N) is 5. The Balaban J connectivity index is 2.15. The van der Waals surface area contributed by atoms with Gasteiger partial charge in [-0.15, -0.1) is 0 Å². The maximum absolute atomic E-state index is 13.6. The van der Waals surface area contributed by atoms with Gasteiger partial charge in [0.05, 0.1) is 6.04 Å². The topological polar surface area (TPSA) is 244 Å². The molecule has 0 aromatic heterocycles. The van der Waals surface area contributed by atoms with E-state index in [0.29, 0.717) is 45.2 Å². The van der Waals surface area contributed by atoms with E-state index in [9.17, 15) is 19.2 Å². The van der Waals surface area contributed by atoms with E-state index in [1.807, 2.05) is 30.3 Å². The monoisotopic (exact) mass is 587 g/mol. The minimum atomic E-state index is -0.983. The lowest BCUT2D eigenvalue weighted by molar-refractivity contribution is -0.134. The van der Waals surface area contributed by atoms with E-state index in [1.54, 1.807) is 0 Å². The molecule has 13 N–H and O–H groups in total. The number of guanidine groups is 1. The van der Waals surface area contributed by atoms with Gasteiger partial charge in [-0.1, -0.05) is 56.0 Å². The van der Waals surface area contributed by atoms with Crippen LogP contribution in [0, 0.1) is 11.3 Å². The molecule has 0 bridgehead atoms. The number of hydrogen-bond donors (Lipinski definition) is 9. The van der Waals surface area contributed by atoms with Crippen molar-refractivity contribution in [3.05, 3.63) is 35.9 Å². The van der Waals surface area contributed by atoms with Crippen LogP contribution in [0.3, 0.4) is 0 Å². The molecule has 1 aromatic rings. The zero-order valence-corrected chi connectivity index (χ0v) is 24.4. The lowest BCUT2D eigenvalue weighted by Crippen LogP contribution is -2.58. The fourth-order valence-electron chi connectivity index (χ4n) is 5.17. The lowest BCUT2D eigenvalue weighted by atomic mass is 9.96. The molecule has 1 aliphatic carbocycles. The van der Waals surface area contributed by atoms with Crippen molar-refractivity contribution >= 4 is 29.6 Å². The van der Waals surface area contributed by atoms with Crippen LogP contribution in [0.15, 0.2) is 30.3 Å². The molecule has 42 heavy (non-hydrogen) atoms. The first-order valence-electron chi connectivity index (χ1n) is 14.9. The summed E-state index contributed by atoms with van der Waals surface area (Å²) in [7, 11) is 0. The van der Waals surface area contributed by atoms with Crippen LogP contribution in [-0.2, 0) is 25.6 Å². The van der Waals surface area contributed by atoms with Crippen LogP contribution in [-0.4, -0.2) is 66.8 Å². The van der Waals surface area contributed by atoms with Gasteiger partial charge in [0.1, 0.15) is 18.1 Å². The van der Waals surface area contributed by atoms with Gasteiger partial charge >= 0.3 is 0 Å². The Labute approximate surface area is 248 Å². The highest BCUT2D eigenvalue weighted by atomic mass is 16.2. The summed E-state index contributed by atoms with van der Waals surface area (Å²) in [6.45, 7) is 0.782. The largest absolute Gasteiger partial charge is 0.370 e. The van der Waals surface area contributed by atoms with Gasteiger partial charge in [-0.2, -0.15) is 0 Å². The molecule has 0 radical (unpaired) electrons. The first-order chi connectivity index (χ1) is 20.1. The van der Waals surface area contributed by atoms with E-state index in [1.165, 1.54) is 0 Å². The zero-order chi connectivity index (χ0) is 30.9. The van der Waals surface area contributed by atoms with Gasteiger partial charge in [0.15, 0.2) is 5.96 Å². The Morgan fingerprint density at radius 3 is 2.05 bits per heavy atom. The number of rotatable bonds is 19. The molecule has 1 fully saturated rings. The number of hydrogen-bond acceptors (Lipinski definition) is 7. The average molecular weight is 588 g/mol. The predicted molar refractivity (Wildman–Crippen MR) is 162 cm³/mol. The third-order valence-corrected chi connectivity index (χ3v) is 7.54. The number of benzene rings is 1. The SMILES string of the molecule is N=C(N)NCCC[C@@H](NC(=O)[C@@H](N)Cc1ccccc1)C(=O)N[C@@H](CC1CCCC1)C(=O)N[C@@H](CCCCN)C(N)=O. The van der Waals surface area contributed by atoms with Crippen molar-refractivity contribution in [1.82, 2.24) is 21.3 Å². The van der Waals surface area contributed by atoms with Crippen molar-refractivity contribution < 1.29 is 19.2 Å². The molecule has 4 amide bonds. The highest BCUT2D eigenvalue weighted by molar-refractivity contribution is 5.94. The second-order valence-electron chi connectivity index (χ2n) is 11.0. The second-order valence-corrected chi connectivity index (χ2v) is 11.0. The van der Waals surface area contributed by atoms with Gasteiger partial charge in [0.2, 0.25) is 23.6 Å². The number of amides is 4. The van der Waals surface area contributed by atoms with E-state index < -0.39 is 47.8 Å². The summed E-state index contributed by atoms with van der Waals surface area (Å²) in [6, 6.07) is 5.65.